The van der Waals surface area contributed by atoms with Crippen molar-refractivity contribution in [2.45, 2.75) is 23.5 Å². The van der Waals surface area contributed by atoms with Gasteiger partial charge >= 0.3 is 0 Å². The number of aromatic nitrogens is 1. The van der Waals surface area contributed by atoms with Gasteiger partial charge in [0.05, 0.1) is 10.9 Å². The van der Waals surface area contributed by atoms with Gasteiger partial charge in [-0.3, -0.25) is 9.59 Å². The van der Waals surface area contributed by atoms with Gasteiger partial charge in [-0.1, -0.05) is 67.6 Å². The zero-order chi connectivity index (χ0) is 27.0. The first-order valence-electron chi connectivity index (χ1n) is 12.6. The number of carbonyl (C=O) groups excluding carboxylic acids is 2. The zero-order valence-corrected chi connectivity index (χ0v) is 22.9. The number of fused-ring (bicyclic) bond motifs is 1. The minimum Gasteiger partial charge on any atom is -0.484 e. The fourth-order valence-corrected chi connectivity index (χ4v) is 5.73. The number of thiazole rings is 1. The van der Waals surface area contributed by atoms with Gasteiger partial charge in [0.15, 0.2) is 11.7 Å². The Balaban J connectivity index is 1.18. The van der Waals surface area contributed by atoms with Crippen LogP contribution < -0.4 is 15.4 Å². The highest BCUT2D eigenvalue weighted by molar-refractivity contribution is 8.00. The standard InChI is InChI=1S/C31H27N3O3S2/c1-2-28(39-26-14-8-11-24(18-26)32-29(35)19-37-25-12-4-3-5-13-25)30(36)34-31-33-27(20-38-31)23-16-15-21-9-6-7-10-22(21)17-23/h3-18,20,28H,2,19H2,1H3,(H,32,35)(H,33,34,36). The van der Waals surface area contributed by atoms with Crippen LogP contribution in [0.1, 0.15) is 13.3 Å². The van der Waals surface area contributed by atoms with Gasteiger partial charge in [0, 0.05) is 21.5 Å². The molecule has 0 spiro atoms. The molecular formula is C31H27N3O3S2. The lowest BCUT2D eigenvalue weighted by Gasteiger charge is -2.14. The number of hydrogen-bond acceptors (Lipinski definition) is 6. The molecule has 6 nitrogen and oxygen atoms in total. The number of carbonyl (C=O) groups is 2. The summed E-state index contributed by atoms with van der Waals surface area (Å²) in [4.78, 5) is 31.0. The predicted octanol–water partition coefficient (Wildman–Crippen LogP) is 7.49. The minimum atomic E-state index is -0.314. The number of para-hydroxylation sites is 1. The highest BCUT2D eigenvalue weighted by Crippen LogP contribution is 2.31. The van der Waals surface area contributed by atoms with E-state index in [1.54, 1.807) is 12.1 Å². The predicted molar refractivity (Wildman–Crippen MR) is 161 cm³/mol. The number of nitrogens with one attached hydrogen (secondary N) is 2. The van der Waals surface area contributed by atoms with Gasteiger partial charge in [0.25, 0.3) is 5.91 Å². The lowest BCUT2D eigenvalue weighted by Crippen LogP contribution is -2.24. The molecular weight excluding hydrogens is 526 g/mol. The molecule has 196 valence electrons. The fraction of sp³-hybridized carbons (Fsp3) is 0.129. The largest absolute Gasteiger partial charge is 0.484 e. The van der Waals surface area contributed by atoms with Crippen molar-refractivity contribution in [3.8, 4) is 17.0 Å². The third-order valence-corrected chi connectivity index (χ3v) is 8.07. The number of benzene rings is 4. The number of ether oxygens (including phenoxy) is 1. The Bertz CT molecular complexity index is 1590. The van der Waals surface area contributed by atoms with Crippen LogP contribution in [0, 0.1) is 0 Å². The Morgan fingerprint density at radius 2 is 1.69 bits per heavy atom. The number of hydrogen-bond donors (Lipinski definition) is 2. The van der Waals surface area contributed by atoms with Gasteiger partial charge in [-0.25, -0.2) is 4.98 Å². The number of thioether (sulfide) groups is 1. The Hall–Kier alpha value is -4.14. The second-order valence-electron chi connectivity index (χ2n) is 8.78. The van der Waals surface area contributed by atoms with E-state index in [9.17, 15) is 9.59 Å². The molecule has 1 heterocycles. The van der Waals surface area contributed by atoms with Gasteiger partial charge in [-0.15, -0.1) is 23.1 Å². The normalized spacial score (nSPS) is 11.6. The molecule has 0 radical (unpaired) electrons. The van der Waals surface area contributed by atoms with Gasteiger partial charge in [-0.05, 0) is 53.6 Å². The van der Waals surface area contributed by atoms with Gasteiger partial charge in [0.2, 0.25) is 5.91 Å². The third-order valence-electron chi connectivity index (χ3n) is 5.95. The Morgan fingerprint density at radius 1 is 0.897 bits per heavy atom. The summed E-state index contributed by atoms with van der Waals surface area (Å²) in [6, 6.07) is 31.1. The molecule has 2 amide bonds. The third kappa shape index (κ3) is 7.04. The van der Waals surface area contributed by atoms with E-state index in [1.807, 2.05) is 73.0 Å². The average Bonchev–Trinajstić information content (AvgIpc) is 3.43. The van der Waals surface area contributed by atoms with E-state index in [0.717, 1.165) is 21.5 Å². The molecule has 0 aliphatic heterocycles. The summed E-state index contributed by atoms with van der Waals surface area (Å²) >= 11 is 2.87. The molecule has 0 aliphatic carbocycles. The van der Waals surface area contributed by atoms with E-state index in [4.69, 9.17) is 4.74 Å². The maximum absolute atomic E-state index is 13.1. The number of amides is 2. The topological polar surface area (TPSA) is 80.3 Å². The molecule has 2 N–H and O–H groups in total. The molecule has 0 aliphatic rings. The second kappa shape index (κ2) is 12.6. The van der Waals surface area contributed by atoms with Crippen LogP contribution in [0.5, 0.6) is 5.75 Å². The van der Waals surface area contributed by atoms with Gasteiger partial charge < -0.3 is 15.4 Å². The second-order valence-corrected chi connectivity index (χ2v) is 10.9. The molecule has 39 heavy (non-hydrogen) atoms. The Kier molecular flexibility index (Phi) is 8.55. The molecule has 1 aromatic heterocycles. The first-order valence-corrected chi connectivity index (χ1v) is 14.3. The summed E-state index contributed by atoms with van der Waals surface area (Å²) in [6.07, 6.45) is 0.640. The first kappa shape index (κ1) is 26.5. The molecule has 4 aromatic carbocycles. The van der Waals surface area contributed by atoms with Crippen LogP contribution in [0.2, 0.25) is 0 Å². The summed E-state index contributed by atoms with van der Waals surface area (Å²) in [7, 11) is 0. The van der Waals surface area contributed by atoms with Crippen molar-refractivity contribution < 1.29 is 14.3 Å². The molecule has 0 saturated heterocycles. The SMILES string of the molecule is CCC(Sc1cccc(NC(=O)COc2ccccc2)c1)C(=O)Nc1nc(-c2ccc3ccccc3c2)cs1. The van der Waals surface area contributed by atoms with Crippen molar-refractivity contribution in [1.29, 1.82) is 0 Å². The summed E-state index contributed by atoms with van der Waals surface area (Å²) in [5, 5.41) is 10.4. The van der Waals surface area contributed by atoms with Crippen molar-refractivity contribution in [1.82, 2.24) is 4.98 Å². The van der Waals surface area contributed by atoms with Crippen LogP contribution in [-0.2, 0) is 9.59 Å². The lowest BCUT2D eigenvalue weighted by molar-refractivity contribution is -0.118. The summed E-state index contributed by atoms with van der Waals surface area (Å²) < 4.78 is 5.51. The molecule has 0 fully saturated rings. The van der Waals surface area contributed by atoms with Crippen LogP contribution in [0.25, 0.3) is 22.0 Å². The molecule has 1 unspecified atom stereocenters. The van der Waals surface area contributed by atoms with E-state index < -0.39 is 0 Å². The van der Waals surface area contributed by atoms with Crippen LogP contribution in [-0.4, -0.2) is 28.7 Å². The number of rotatable bonds is 10. The van der Waals surface area contributed by atoms with E-state index in [0.29, 0.717) is 23.0 Å². The number of nitrogens with zero attached hydrogens (tertiary/aromatic N) is 1. The van der Waals surface area contributed by atoms with Crippen molar-refractivity contribution in [3.05, 3.63) is 102 Å². The van der Waals surface area contributed by atoms with E-state index >= 15 is 0 Å². The van der Waals surface area contributed by atoms with Crippen LogP contribution in [0.4, 0.5) is 10.8 Å². The summed E-state index contributed by atoms with van der Waals surface area (Å²) in [5.74, 6) is 0.280. The van der Waals surface area contributed by atoms with Gasteiger partial charge in [0.1, 0.15) is 5.75 Å². The van der Waals surface area contributed by atoms with Crippen LogP contribution in [0.3, 0.4) is 0 Å². The van der Waals surface area contributed by atoms with E-state index in [1.165, 1.54) is 28.5 Å². The van der Waals surface area contributed by atoms with Crippen molar-refractivity contribution in [3.63, 3.8) is 0 Å². The molecule has 5 aromatic rings. The van der Waals surface area contributed by atoms with Gasteiger partial charge in [-0.2, -0.15) is 0 Å². The summed E-state index contributed by atoms with van der Waals surface area (Å²) in [5.41, 5.74) is 2.50. The van der Waals surface area contributed by atoms with Crippen molar-refractivity contribution >= 4 is 56.5 Å². The highest BCUT2D eigenvalue weighted by Gasteiger charge is 2.20. The monoisotopic (exact) mass is 553 g/mol. The fourth-order valence-electron chi connectivity index (χ4n) is 3.99. The molecule has 0 bridgehead atoms. The first-order chi connectivity index (χ1) is 19.1. The quantitative estimate of drug-likeness (QED) is 0.175. The number of anilines is 2. The average molecular weight is 554 g/mol. The minimum absolute atomic E-state index is 0.0869. The van der Waals surface area contributed by atoms with Crippen LogP contribution in [0.15, 0.2) is 107 Å². The smallest absolute Gasteiger partial charge is 0.262 e. The summed E-state index contributed by atoms with van der Waals surface area (Å²) in [6.45, 7) is 1.89. The molecule has 5 rings (SSSR count). The lowest BCUT2D eigenvalue weighted by atomic mass is 10.1. The van der Waals surface area contributed by atoms with Crippen LogP contribution >= 0.6 is 23.1 Å². The Morgan fingerprint density at radius 3 is 2.51 bits per heavy atom. The van der Waals surface area contributed by atoms with E-state index in [2.05, 4.69) is 39.9 Å². The maximum Gasteiger partial charge on any atom is 0.262 e. The Labute approximate surface area is 235 Å². The molecule has 1 atom stereocenters. The van der Waals surface area contributed by atoms with Crippen molar-refractivity contribution in [2.75, 3.05) is 17.2 Å². The van der Waals surface area contributed by atoms with Crippen molar-refractivity contribution in [2.24, 2.45) is 0 Å². The van der Waals surface area contributed by atoms with E-state index in [-0.39, 0.29) is 23.7 Å². The molecule has 0 saturated carbocycles. The maximum atomic E-state index is 13.1. The molecule has 8 heteroatoms. The highest BCUT2D eigenvalue weighted by atomic mass is 32.2. The zero-order valence-electron chi connectivity index (χ0n) is 21.3.